The Hall–Kier alpha value is -2.25. The minimum absolute atomic E-state index is 0.0519. The van der Waals surface area contributed by atoms with Gasteiger partial charge in [0.05, 0.1) is 18.1 Å². The van der Waals surface area contributed by atoms with E-state index >= 15 is 0 Å². The standard InChI is InChI=1S/C21H23FN2O3S/c1-13-10-16(3-4-17(13)22)23-20(25)14-2-5-18-15(11-14)12-19(28-18)21(26)24-6-8-27-9-7-24/h3-4,10,12,14H,2,5-9,11H2,1H3,(H,23,25)/t14-/m1/s1. The Bertz CT molecular complexity index is 905. The minimum atomic E-state index is -0.281. The van der Waals surface area contributed by atoms with Gasteiger partial charge in [-0.3, -0.25) is 9.59 Å². The monoisotopic (exact) mass is 402 g/mol. The number of hydrogen-bond donors (Lipinski definition) is 1. The number of halogens is 1. The van der Waals surface area contributed by atoms with E-state index in [0.29, 0.717) is 44.0 Å². The summed E-state index contributed by atoms with van der Waals surface area (Å²) < 4.78 is 18.7. The summed E-state index contributed by atoms with van der Waals surface area (Å²) in [6.45, 7) is 4.10. The van der Waals surface area contributed by atoms with Crippen LogP contribution in [0.5, 0.6) is 0 Å². The molecule has 2 aromatic rings. The van der Waals surface area contributed by atoms with E-state index in [2.05, 4.69) is 5.32 Å². The fourth-order valence-corrected chi connectivity index (χ4v) is 4.92. The van der Waals surface area contributed by atoms with Crippen LogP contribution in [0.2, 0.25) is 0 Å². The highest BCUT2D eigenvalue weighted by Gasteiger charge is 2.29. The summed E-state index contributed by atoms with van der Waals surface area (Å²) >= 11 is 1.55. The molecule has 1 saturated heterocycles. The molecule has 1 N–H and O–H groups in total. The first-order valence-corrected chi connectivity index (χ1v) is 10.4. The van der Waals surface area contributed by atoms with E-state index in [1.165, 1.54) is 10.9 Å². The van der Waals surface area contributed by atoms with Gasteiger partial charge in [0, 0.05) is 29.6 Å². The van der Waals surface area contributed by atoms with E-state index in [9.17, 15) is 14.0 Å². The van der Waals surface area contributed by atoms with Gasteiger partial charge in [0.25, 0.3) is 5.91 Å². The van der Waals surface area contributed by atoms with Gasteiger partial charge in [-0.15, -0.1) is 11.3 Å². The Morgan fingerprint density at radius 1 is 1.25 bits per heavy atom. The number of carbonyl (C=O) groups is 2. The van der Waals surface area contributed by atoms with Crippen molar-refractivity contribution in [3.05, 3.63) is 51.0 Å². The average Bonchev–Trinajstić information content (AvgIpc) is 3.14. The van der Waals surface area contributed by atoms with E-state index in [1.807, 2.05) is 11.0 Å². The van der Waals surface area contributed by atoms with E-state index < -0.39 is 0 Å². The van der Waals surface area contributed by atoms with Crippen LogP contribution in [0.4, 0.5) is 10.1 Å². The van der Waals surface area contributed by atoms with Crippen molar-refractivity contribution in [1.29, 1.82) is 0 Å². The molecule has 1 aromatic carbocycles. The highest BCUT2D eigenvalue weighted by atomic mass is 32.1. The Labute approximate surface area is 167 Å². The molecule has 1 aliphatic carbocycles. The molecular weight excluding hydrogens is 379 g/mol. The van der Waals surface area contributed by atoms with Crippen molar-refractivity contribution in [1.82, 2.24) is 4.90 Å². The van der Waals surface area contributed by atoms with Gasteiger partial charge in [-0.2, -0.15) is 0 Å². The van der Waals surface area contributed by atoms with Crippen molar-refractivity contribution in [2.24, 2.45) is 5.92 Å². The summed E-state index contributed by atoms with van der Waals surface area (Å²) in [7, 11) is 0. The van der Waals surface area contributed by atoms with E-state index in [4.69, 9.17) is 4.74 Å². The highest BCUT2D eigenvalue weighted by molar-refractivity contribution is 7.14. The lowest BCUT2D eigenvalue weighted by atomic mass is 9.87. The maximum absolute atomic E-state index is 13.4. The lowest BCUT2D eigenvalue weighted by molar-refractivity contribution is -0.120. The number of rotatable bonds is 3. The molecule has 0 spiro atoms. The predicted octanol–water partition coefficient (Wildman–Crippen LogP) is 3.41. The summed E-state index contributed by atoms with van der Waals surface area (Å²) in [5.74, 6) is -0.413. The Morgan fingerprint density at radius 3 is 2.79 bits per heavy atom. The van der Waals surface area contributed by atoms with Crippen LogP contribution in [0.1, 0.15) is 32.1 Å². The first-order valence-electron chi connectivity index (χ1n) is 9.57. The fourth-order valence-electron chi connectivity index (χ4n) is 3.74. The third-order valence-electron chi connectivity index (χ3n) is 5.39. The first kappa shape index (κ1) is 19.1. The summed E-state index contributed by atoms with van der Waals surface area (Å²) in [4.78, 5) is 29.2. The van der Waals surface area contributed by atoms with Gasteiger partial charge in [0.2, 0.25) is 5.91 Å². The topological polar surface area (TPSA) is 58.6 Å². The molecule has 0 radical (unpaired) electrons. The second-order valence-corrected chi connectivity index (χ2v) is 8.49. The lowest BCUT2D eigenvalue weighted by Gasteiger charge is -2.26. The molecular formula is C21H23FN2O3S. The number of benzene rings is 1. The minimum Gasteiger partial charge on any atom is -0.378 e. The molecule has 2 amide bonds. The zero-order chi connectivity index (χ0) is 19.7. The molecule has 1 aliphatic heterocycles. The van der Waals surface area contributed by atoms with Crippen LogP contribution in [-0.4, -0.2) is 43.0 Å². The van der Waals surface area contributed by atoms with Gasteiger partial charge in [-0.05, 0) is 61.6 Å². The molecule has 0 unspecified atom stereocenters. The van der Waals surface area contributed by atoms with Gasteiger partial charge in [0.1, 0.15) is 5.82 Å². The number of fused-ring (bicyclic) bond motifs is 1. The van der Waals surface area contributed by atoms with Crippen molar-refractivity contribution in [3.8, 4) is 0 Å². The maximum atomic E-state index is 13.4. The number of ether oxygens (including phenoxy) is 1. The predicted molar refractivity (Wildman–Crippen MR) is 106 cm³/mol. The maximum Gasteiger partial charge on any atom is 0.264 e. The van der Waals surface area contributed by atoms with Crippen LogP contribution in [0.15, 0.2) is 24.3 Å². The number of carbonyl (C=O) groups excluding carboxylic acids is 2. The lowest BCUT2D eigenvalue weighted by Crippen LogP contribution is -2.40. The third kappa shape index (κ3) is 3.95. The van der Waals surface area contributed by atoms with Crippen molar-refractivity contribution >= 4 is 28.8 Å². The molecule has 5 nitrogen and oxygen atoms in total. The summed E-state index contributed by atoms with van der Waals surface area (Å²) in [6, 6.07) is 6.55. The number of hydrogen-bond acceptors (Lipinski definition) is 4. The Balaban J connectivity index is 1.42. The molecule has 0 bridgehead atoms. The van der Waals surface area contributed by atoms with Crippen LogP contribution in [0, 0.1) is 18.7 Å². The van der Waals surface area contributed by atoms with Gasteiger partial charge < -0.3 is 15.0 Å². The number of aryl methyl sites for hydroxylation is 2. The molecule has 1 atom stereocenters. The van der Waals surface area contributed by atoms with Crippen molar-refractivity contribution in [2.45, 2.75) is 26.2 Å². The normalized spacial score (nSPS) is 19.2. The quantitative estimate of drug-likeness (QED) is 0.856. The smallest absolute Gasteiger partial charge is 0.264 e. The molecule has 28 heavy (non-hydrogen) atoms. The number of morpholine rings is 1. The van der Waals surface area contributed by atoms with Gasteiger partial charge in [-0.25, -0.2) is 4.39 Å². The van der Waals surface area contributed by atoms with E-state index in [1.54, 1.807) is 30.4 Å². The van der Waals surface area contributed by atoms with Gasteiger partial charge in [-0.1, -0.05) is 0 Å². The molecule has 1 aromatic heterocycles. The number of nitrogens with one attached hydrogen (secondary N) is 1. The third-order valence-corrected chi connectivity index (χ3v) is 6.61. The molecule has 148 valence electrons. The van der Waals surface area contributed by atoms with Gasteiger partial charge >= 0.3 is 0 Å². The highest BCUT2D eigenvalue weighted by Crippen LogP contribution is 2.33. The Morgan fingerprint density at radius 2 is 2.04 bits per heavy atom. The zero-order valence-electron chi connectivity index (χ0n) is 15.8. The van der Waals surface area contributed by atoms with Crippen LogP contribution in [-0.2, 0) is 22.4 Å². The largest absolute Gasteiger partial charge is 0.378 e. The van der Waals surface area contributed by atoms with Crippen LogP contribution in [0.3, 0.4) is 0 Å². The molecule has 2 aliphatic rings. The molecule has 4 rings (SSSR count). The van der Waals surface area contributed by atoms with Crippen LogP contribution < -0.4 is 5.32 Å². The number of thiophene rings is 1. The Kier molecular flexibility index (Phi) is 5.46. The number of anilines is 1. The van der Waals surface area contributed by atoms with E-state index in [-0.39, 0.29) is 23.5 Å². The number of amides is 2. The molecule has 2 heterocycles. The number of nitrogens with zero attached hydrogens (tertiary/aromatic N) is 1. The van der Waals surface area contributed by atoms with Crippen molar-refractivity contribution in [3.63, 3.8) is 0 Å². The van der Waals surface area contributed by atoms with E-state index in [0.717, 1.165) is 23.3 Å². The van der Waals surface area contributed by atoms with Crippen LogP contribution >= 0.6 is 11.3 Å². The van der Waals surface area contributed by atoms with Crippen molar-refractivity contribution in [2.75, 3.05) is 31.6 Å². The molecule has 7 heteroatoms. The van der Waals surface area contributed by atoms with Crippen LogP contribution in [0.25, 0.3) is 0 Å². The summed E-state index contributed by atoms with van der Waals surface area (Å²) in [5.41, 5.74) is 2.22. The SMILES string of the molecule is Cc1cc(NC(=O)[C@@H]2CCc3sc(C(=O)N4CCOCC4)cc3C2)ccc1F. The summed E-state index contributed by atoms with van der Waals surface area (Å²) in [5, 5.41) is 2.90. The zero-order valence-corrected chi connectivity index (χ0v) is 16.6. The molecule has 1 fully saturated rings. The summed E-state index contributed by atoms with van der Waals surface area (Å²) in [6.07, 6.45) is 2.19. The van der Waals surface area contributed by atoms with Crippen molar-refractivity contribution < 1.29 is 18.7 Å². The van der Waals surface area contributed by atoms with Gasteiger partial charge in [0.15, 0.2) is 0 Å². The second-order valence-electron chi connectivity index (χ2n) is 7.36. The average molecular weight is 402 g/mol. The first-order chi connectivity index (χ1) is 13.5. The molecule has 0 saturated carbocycles. The fraction of sp³-hybridized carbons (Fsp3) is 0.429. The second kappa shape index (κ2) is 8.01.